The Morgan fingerprint density at radius 2 is 2.00 bits per heavy atom. The predicted octanol–water partition coefficient (Wildman–Crippen LogP) is 4.49. The number of benzene rings is 2. The molecule has 1 aliphatic rings. The summed E-state index contributed by atoms with van der Waals surface area (Å²) in [7, 11) is 0. The van der Waals surface area contributed by atoms with Crippen molar-refractivity contribution in [1.29, 1.82) is 0 Å². The zero-order valence-corrected chi connectivity index (χ0v) is 11.6. The van der Waals surface area contributed by atoms with Gasteiger partial charge in [-0.05, 0) is 30.7 Å². The fraction of sp³-hybridized carbons (Fsp3) is 0.294. The van der Waals surface area contributed by atoms with E-state index in [-0.39, 0.29) is 5.56 Å². The van der Waals surface area contributed by atoms with Gasteiger partial charge in [-0.2, -0.15) is 0 Å². The summed E-state index contributed by atoms with van der Waals surface area (Å²) in [6.45, 7) is 1.95. The first kappa shape index (κ1) is 14.0. The molecule has 2 nitrogen and oxygen atoms in total. The molecule has 0 aliphatic carbocycles. The van der Waals surface area contributed by atoms with E-state index in [9.17, 15) is 13.9 Å². The highest BCUT2D eigenvalue weighted by Gasteiger charge is 2.28. The number of alkyl halides is 2. The maximum atomic E-state index is 12.8. The summed E-state index contributed by atoms with van der Waals surface area (Å²) in [4.78, 5) is 0. The average Bonchev–Trinajstić information content (AvgIpc) is 2.48. The Balaban J connectivity index is 1.92. The number of aryl methyl sites for hydroxylation is 1. The fourth-order valence-electron chi connectivity index (χ4n) is 2.67. The first-order valence-electron chi connectivity index (χ1n) is 6.88. The van der Waals surface area contributed by atoms with Gasteiger partial charge in [0.1, 0.15) is 11.9 Å². The molecule has 4 heteroatoms. The fourth-order valence-corrected chi connectivity index (χ4v) is 2.67. The SMILES string of the molecule is Cc1ccc2c(c1)C(O)CC(c1cccc(C(F)F)c1)O2. The Kier molecular flexibility index (Phi) is 3.64. The Morgan fingerprint density at radius 1 is 1.19 bits per heavy atom. The molecule has 1 N–H and O–H groups in total. The van der Waals surface area contributed by atoms with Crippen molar-refractivity contribution in [3.8, 4) is 5.75 Å². The predicted molar refractivity (Wildman–Crippen MR) is 75.5 cm³/mol. The molecule has 2 atom stereocenters. The molecule has 1 aliphatic heterocycles. The number of hydrogen-bond donors (Lipinski definition) is 1. The van der Waals surface area contributed by atoms with Crippen molar-refractivity contribution >= 4 is 0 Å². The molecular weight excluding hydrogens is 274 g/mol. The molecule has 21 heavy (non-hydrogen) atoms. The van der Waals surface area contributed by atoms with E-state index in [4.69, 9.17) is 4.74 Å². The van der Waals surface area contributed by atoms with Crippen LogP contribution in [0.3, 0.4) is 0 Å². The summed E-state index contributed by atoms with van der Waals surface area (Å²) in [5.74, 6) is 0.617. The molecule has 0 radical (unpaired) electrons. The third kappa shape index (κ3) is 2.76. The third-order valence-electron chi connectivity index (χ3n) is 3.77. The van der Waals surface area contributed by atoms with E-state index in [0.29, 0.717) is 17.7 Å². The largest absolute Gasteiger partial charge is 0.485 e. The Bertz CT molecular complexity index is 655. The van der Waals surface area contributed by atoms with Crippen LogP contribution in [0, 0.1) is 6.92 Å². The first-order chi connectivity index (χ1) is 10.0. The summed E-state index contributed by atoms with van der Waals surface area (Å²) in [6, 6.07) is 11.8. The maximum absolute atomic E-state index is 12.8. The van der Waals surface area contributed by atoms with Gasteiger partial charge in [0.05, 0.1) is 6.10 Å². The van der Waals surface area contributed by atoms with Gasteiger partial charge in [0.15, 0.2) is 0 Å². The molecule has 2 unspecified atom stereocenters. The summed E-state index contributed by atoms with van der Waals surface area (Å²) in [5, 5.41) is 10.3. The monoisotopic (exact) mass is 290 g/mol. The normalized spacial score (nSPS) is 21.0. The molecule has 0 saturated heterocycles. The number of rotatable bonds is 2. The molecule has 0 fully saturated rings. The van der Waals surface area contributed by atoms with Gasteiger partial charge in [0.25, 0.3) is 6.43 Å². The highest BCUT2D eigenvalue weighted by molar-refractivity contribution is 5.41. The van der Waals surface area contributed by atoms with Gasteiger partial charge >= 0.3 is 0 Å². The van der Waals surface area contributed by atoms with E-state index in [1.54, 1.807) is 12.1 Å². The summed E-state index contributed by atoms with van der Waals surface area (Å²) < 4.78 is 31.4. The number of ether oxygens (including phenoxy) is 1. The van der Waals surface area contributed by atoms with Gasteiger partial charge in [0, 0.05) is 17.5 Å². The Hall–Kier alpha value is -1.94. The Labute approximate surface area is 122 Å². The second-order valence-electron chi connectivity index (χ2n) is 5.37. The molecule has 0 saturated carbocycles. The van der Waals surface area contributed by atoms with Crippen LogP contribution in [0.4, 0.5) is 8.78 Å². The van der Waals surface area contributed by atoms with Gasteiger partial charge in [-0.1, -0.05) is 29.8 Å². The molecule has 2 aromatic rings. The number of aliphatic hydroxyl groups excluding tert-OH is 1. The maximum Gasteiger partial charge on any atom is 0.263 e. The topological polar surface area (TPSA) is 29.5 Å². The highest BCUT2D eigenvalue weighted by Crippen LogP contribution is 2.41. The lowest BCUT2D eigenvalue weighted by molar-refractivity contribution is 0.0654. The lowest BCUT2D eigenvalue weighted by Gasteiger charge is -2.30. The van der Waals surface area contributed by atoms with Crippen LogP contribution in [-0.4, -0.2) is 5.11 Å². The number of fused-ring (bicyclic) bond motifs is 1. The van der Waals surface area contributed by atoms with Gasteiger partial charge in [-0.15, -0.1) is 0 Å². The lowest BCUT2D eigenvalue weighted by Crippen LogP contribution is -2.19. The molecule has 1 heterocycles. The van der Waals surface area contributed by atoms with E-state index in [1.165, 1.54) is 12.1 Å². The van der Waals surface area contributed by atoms with Crippen LogP contribution in [-0.2, 0) is 0 Å². The van der Waals surface area contributed by atoms with E-state index in [2.05, 4.69) is 0 Å². The first-order valence-corrected chi connectivity index (χ1v) is 6.88. The zero-order valence-electron chi connectivity index (χ0n) is 11.6. The molecule has 110 valence electrons. The van der Waals surface area contributed by atoms with Crippen LogP contribution in [0.5, 0.6) is 5.75 Å². The second-order valence-corrected chi connectivity index (χ2v) is 5.37. The third-order valence-corrected chi connectivity index (χ3v) is 3.77. The van der Waals surface area contributed by atoms with Crippen molar-refractivity contribution in [2.45, 2.75) is 32.0 Å². The van der Waals surface area contributed by atoms with Gasteiger partial charge < -0.3 is 9.84 Å². The standard InChI is InChI=1S/C17H16F2O2/c1-10-5-6-15-13(7-10)14(20)9-16(21-15)11-3-2-4-12(8-11)17(18)19/h2-8,14,16-17,20H,9H2,1H3. The van der Waals surface area contributed by atoms with Crippen molar-refractivity contribution < 1.29 is 18.6 Å². The van der Waals surface area contributed by atoms with Crippen molar-refractivity contribution in [1.82, 2.24) is 0 Å². The number of aliphatic hydroxyl groups is 1. The minimum Gasteiger partial charge on any atom is -0.485 e. The van der Waals surface area contributed by atoms with Gasteiger partial charge in [-0.3, -0.25) is 0 Å². The minimum absolute atomic E-state index is 0.0275. The van der Waals surface area contributed by atoms with Crippen LogP contribution >= 0.6 is 0 Å². The van der Waals surface area contributed by atoms with Crippen LogP contribution in [0.2, 0.25) is 0 Å². The van der Waals surface area contributed by atoms with Crippen molar-refractivity contribution in [3.63, 3.8) is 0 Å². The van der Waals surface area contributed by atoms with Gasteiger partial charge in [-0.25, -0.2) is 8.78 Å². The van der Waals surface area contributed by atoms with E-state index < -0.39 is 18.6 Å². The second kappa shape index (κ2) is 5.45. The van der Waals surface area contributed by atoms with Gasteiger partial charge in [0.2, 0.25) is 0 Å². The Morgan fingerprint density at radius 3 is 2.76 bits per heavy atom. The summed E-state index contributed by atoms with van der Waals surface area (Å²) in [6.07, 6.45) is -3.19. The molecule has 0 spiro atoms. The smallest absolute Gasteiger partial charge is 0.263 e. The van der Waals surface area contributed by atoms with E-state index in [0.717, 1.165) is 11.1 Å². The summed E-state index contributed by atoms with van der Waals surface area (Å²) in [5.41, 5.74) is 2.45. The molecule has 0 bridgehead atoms. The zero-order chi connectivity index (χ0) is 15.0. The van der Waals surface area contributed by atoms with E-state index >= 15 is 0 Å². The molecule has 0 amide bonds. The van der Waals surface area contributed by atoms with Crippen LogP contribution in [0.25, 0.3) is 0 Å². The summed E-state index contributed by atoms with van der Waals surface area (Å²) >= 11 is 0. The molecule has 0 aromatic heterocycles. The van der Waals surface area contributed by atoms with Crippen molar-refractivity contribution in [3.05, 3.63) is 64.7 Å². The van der Waals surface area contributed by atoms with Crippen molar-refractivity contribution in [2.75, 3.05) is 0 Å². The lowest BCUT2D eigenvalue weighted by atomic mass is 9.93. The van der Waals surface area contributed by atoms with Crippen LogP contribution < -0.4 is 4.74 Å². The quantitative estimate of drug-likeness (QED) is 0.883. The molecule has 3 rings (SSSR count). The van der Waals surface area contributed by atoms with Crippen molar-refractivity contribution in [2.24, 2.45) is 0 Å². The molecule has 2 aromatic carbocycles. The van der Waals surface area contributed by atoms with E-state index in [1.807, 2.05) is 25.1 Å². The van der Waals surface area contributed by atoms with Crippen LogP contribution in [0.1, 0.15) is 47.3 Å². The number of halogens is 2. The highest BCUT2D eigenvalue weighted by atomic mass is 19.3. The average molecular weight is 290 g/mol. The number of hydrogen-bond acceptors (Lipinski definition) is 2. The van der Waals surface area contributed by atoms with Crippen LogP contribution in [0.15, 0.2) is 42.5 Å². The molecular formula is C17H16F2O2. The minimum atomic E-state index is -2.51.